The molecule has 1 aromatic carbocycles. The molecule has 3 aromatic rings. The van der Waals surface area contributed by atoms with Gasteiger partial charge in [-0.25, -0.2) is 9.97 Å². The summed E-state index contributed by atoms with van der Waals surface area (Å²) < 4.78 is 0. The van der Waals surface area contributed by atoms with E-state index in [1.807, 2.05) is 0 Å². The van der Waals surface area contributed by atoms with Gasteiger partial charge < -0.3 is 16.0 Å². The predicted molar refractivity (Wildman–Crippen MR) is 105 cm³/mol. The Morgan fingerprint density at radius 2 is 2.08 bits per heavy atom. The van der Waals surface area contributed by atoms with Gasteiger partial charge in [-0.05, 0) is 42.3 Å². The number of nitrogens with zero attached hydrogens (tertiary/aromatic N) is 3. The Balaban J connectivity index is 1.55. The monoisotopic (exact) mass is 351 g/mol. The van der Waals surface area contributed by atoms with Gasteiger partial charge >= 0.3 is 0 Å². The van der Waals surface area contributed by atoms with E-state index >= 15 is 0 Å². The van der Waals surface area contributed by atoms with Crippen LogP contribution in [0.15, 0.2) is 48.1 Å². The first kappa shape index (κ1) is 15.9. The fraction of sp³-hybridized carbons (Fsp3) is 0.263. The maximum absolute atomic E-state index is 6.40. The molecule has 3 heterocycles. The summed E-state index contributed by atoms with van der Waals surface area (Å²) in [5.41, 5.74) is 9.56. The molecular weight excluding hydrogens is 330 g/mol. The quantitative estimate of drug-likeness (QED) is 0.731. The second kappa shape index (κ2) is 7.11. The van der Waals surface area contributed by atoms with Crippen LogP contribution in [0.1, 0.15) is 16.9 Å². The van der Waals surface area contributed by atoms with Crippen molar-refractivity contribution in [2.75, 3.05) is 29.0 Å². The van der Waals surface area contributed by atoms with E-state index in [0.717, 1.165) is 38.2 Å². The van der Waals surface area contributed by atoms with Gasteiger partial charge in [0.25, 0.3) is 0 Å². The van der Waals surface area contributed by atoms with Gasteiger partial charge in [0.2, 0.25) is 0 Å². The Morgan fingerprint density at radius 1 is 1.16 bits per heavy atom. The largest absolute Gasteiger partial charge is 0.393 e. The summed E-state index contributed by atoms with van der Waals surface area (Å²) in [6, 6.07) is 12.7. The van der Waals surface area contributed by atoms with E-state index in [4.69, 9.17) is 5.73 Å². The van der Waals surface area contributed by atoms with Gasteiger partial charge in [0, 0.05) is 23.7 Å². The molecule has 25 heavy (non-hydrogen) atoms. The standard InChI is InChI=1S/C19H21N5S/c20-17-18(21-10-9-15-7-4-12-25-15)22-13-23-19(17)24-11-3-6-14-5-1-2-8-16(14)24/h1-2,4-5,7-8,12-13H,3,6,9-11,20H2,(H,21,22,23). The zero-order valence-electron chi connectivity index (χ0n) is 14.0. The van der Waals surface area contributed by atoms with Crippen LogP contribution < -0.4 is 16.0 Å². The Morgan fingerprint density at radius 3 is 2.96 bits per heavy atom. The zero-order chi connectivity index (χ0) is 17.1. The number of thiophene rings is 1. The van der Waals surface area contributed by atoms with Crippen LogP contribution in [0.3, 0.4) is 0 Å². The number of fused-ring (bicyclic) bond motifs is 1. The normalized spacial score (nSPS) is 13.5. The molecule has 1 aliphatic heterocycles. The summed E-state index contributed by atoms with van der Waals surface area (Å²) >= 11 is 1.77. The van der Waals surface area contributed by atoms with Gasteiger partial charge in [0.05, 0.1) is 0 Å². The average molecular weight is 351 g/mol. The molecule has 0 spiro atoms. The van der Waals surface area contributed by atoms with E-state index in [9.17, 15) is 0 Å². The van der Waals surface area contributed by atoms with Crippen molar-refractivity contribution in [3.8, 4) is 0 Å². The van der Waals surface area contributed by atoms with Crippen molar-refractivity contribution >= 4 is 34.3 Å². The molecule has 0 aliphatic carbocycles. The van der Waals surface area contributed by atoms with E-state index in [-0.39, 0.29) is 0 Å². The smallest absolute Gasteiger partial charge is 0.161 e. The summed E-state index contributed by atoms with van der Waals surface area (Å²) in [6.45, 7) is 1.73. The van der Waals surface area contributed by atoms with Crippen molar-refractivity contribution in [3.63, 3.8) is 0 Å². The SMILES string of the molecule is Nc1c(NCCc2cccs2)ncnc1N1CCCc2ccccc21. The number of anilines is 4. The number of para-hydroxylation sites is 1. The molecule has 1 aliphatic rings. The molecule has 0 saturated carbocycles. The number of hydrogen-bond acceptors (Lipinski definition) is 6. The molecule has 4 rings (SSSR count). The third-order valence-electron chi connectivity index (χ3n) is 4.47. The minimum Gasteiger partial charge on any atom is -0.393 e. The first-order valence-corrected chi connectivity index (χ1v) is 9.43. The van der Waals surface area contributed by atoms with Gasteiger partial charge in [-0.3, -0.25) is 0 Å². The van der Waals surface area contributed by atoms with E-state index in [0.29, 0.717) is 11.5 Å². The Labute approximate surface area is 151 Å². The van der Waals surface area contributed by atoms with Crippen LogP contribution >= 0.6 is 11.3 Å². The Hall–Kier alpha value is -2.60. The fourth-order valence-electron chi connectivity index (χ4n) is 3.25. The molecule has 0 saturated heterocycles. The number of nitrogens with one attached hydrogen (secondary N) is 1. The maximum atomic E-state index is 6.40. The highest BCUT2D eigenvalue weighted by molar-refractivity contribution is 7.09. The summed E-state index contributed by atoms with van der Waals surface area (Å²) in [5, 5.41) is 5.46. The third-order valence-corrected chi connectivity index (χ3v) is 5.41. The minimum absolute atomic E-state index is 0.616. The number of aromatic nitrogens is 2. The number of rotatable bonds is 5. The molecule has 2 aromatic heterocycles. The van der Waals surface area contributed by atoms with Crippen LogP contribution in [-0.2, 0) is 12.8 Å². The zero-order valence-corrected chi connectivity index (χ0v) is 14.8. The number of hydrogen-bond donors (Lipinski definition) is 2. The highest BCUT2D eigenvalue weighted by atomic mass is 32.1. The highest BCUT2D eigenvalue weighted by Gasteiger charge is 2.22. The average Bonchev–Trinajstić information content (AvgIpc) is 3.16. The van der Waals surface area contributed by atoms with Gasteiger partial charge in [-0.2, -0.15) is 0 Å². The van der Waals surface area contributed by atoms with Crippen molar-refractivity contribution in [1.82, 2.24) is 9.97 Å². The van der Waals surface area contributed by atoms with Gasteiger partial charge in [0.15, 0.2) is 11.6 Å². The molecule has 0 amide bonds. The molecule has 128 valence electrons. The summed E-state index contributed by atoms with van der Waals surface area (Å²) in [4.78, 5) is 12.4. The van der Waals surface area contributed by atoms with Crippen LogP contribution in [-0.4, -0.2) is 23.1 Å². The van der Waals surface area contributed by atoms with Crippen LogP contribution in [0, 0.1) is 0 Å². The third kappa shape index (κ3) is 3.30. The van der Waals surface area contributed by atoms with Crippen molar-refractivity contribution in [3.05, 3.63) is 58.5 Å². The lowest BCUT2D eigenvalue weighted by Gasteiger charge is -2.31. The van der Waals surface area contributed by atoms with E-state index in [1.165, 1.54) is 16.1 Å². The number of benzene rings is 1. The summed E-state index contributed by atoms with van der Waals surface area (Å²) in [5.74, 6) is 1.50. The summed E-state index contributed by atoms with van der Waals surface area (Å²) in [6.07, 6.45) is 4.75. The van der Waals surface area contributed by atoms with Crippen LogP contribution in [0.5, 0.6) is 0 Å². The molecule has 0 atom stereocenters. The number of nitrogens with two attached hydrogens (primary N) is 1. The van der Waals surface area contributed by atoms with E-state index < -0.39 is 0 Å². The molecule has 5 nitrogen and oxygen atoms in total. The van der Waals surface area contributed by atoms with Crippen LogP contribution in [0.4, 0.5) is 23.0 Å². The van der Waals surface area contributed by atoms with E-state index in [2.05, 4.69) is 62.0 Å². The van der Waals surface area contributed by atoms with Crippen molar-refractivity contribution in [2.45, 2.75) is 19.3 Å². The molecule has 0 unspecified atom stereocenters. The Kier molecular flexibility index (Phi) is 4.52. The summed E-state index contributed by atoms with van der Waals surface area (Å²) in [7, 11) is 0. The molecule has 0 fully saturated rings. The molecule has 0 radical (unpaired) electrons. The molecule has 0 bridgehead atoms. The Bertz CT molecular complexity index is 847. The number of aryl methyl sites for hydroxylation is 1. The minimum atomic E-state index is 0.616. The fourth-order valence-corrected chi connectivity index (χ4v) is 3.96. The van der Waals surface area contributed by atoms with Gasteiger partial charge in [0.1, 0.15) is 12.0 Å². The molecule has 3 N–H and O–H groups in total. The van der Waals surface area contributed by atoms with Crippen LogP contribution in [0.25, 0.3) is 0 Å². The number of nitrogen functional groups attached to an aromatic ring is 1. The highest BCUT2D eigenvalue weighted by Crippen LogP contribution is 2.36. The van der Waals surface area contributed by atoms with E-state index in [1.54, 1.807) is 17.7 Å². The second-order valence-corrected chi connectivity index (χ2v) is 7.13. The first-order valence-electron chi connectivity index (χ1n) is 8.55. The predicted octanol–water partition coefficient (Wildman–Crippen LogP) is 3.86. The van der Waals surface area contributed by atoms with Gasteiger partial charge in [-0.1, -0.05) is 24.3 Å². The topological polar surface area (TPSA) is 67.1 Å². The van der Waals surface area contributed by atoms with Crippen molar-refractivity contribution < 1.29 is 0 Å². The lowest BCUT2D eigenvalue weighted by Crippen LogP contribution is -2.26. The molecule has 6 heteroatoms. The first-order chi connectivity index (χ1) is 12.3. The van der Waals surface area contributed by atoms with Crippen molar-refractivity contribution in [1.29, 1.82) is 0 Å². The molecular formula is C19H21N5S. The lowest BCUT2D eigenvalue weighted by atomic mass is 10.0. The lowest BCUT2D eigenvalue weighted by molar-refractivity contribution is 0.759. The maximum Gasteiger partial charge on any atom is 0.161 e. The van der Waals surface area contributed by atoms with Crippen LogP contribution in [0.2, 0.25) is 0 Å². The van der Waals surface area contributed by atoms with Gasteiger partial charge in [-0.15, -0.1) is 11.3 Å². The van der Waals surface area contributed by atoms with Crippen molar-refractivity contribution in [2.24, 2.45) is 0 Å². The second-order valence-electron chi connectivity index (χ2n) is 6.10.